The van der Waals surface area contributed by atoms with Crippen LogP contribution in [0, 0.1) is 12.1 Å². The van der Waals surface area contributed by atoms with E-state index in [4.69, 9.17) is 0 Å². The molecule has 0 saturated carbocycles. The summed E-state index contributed by atoms with van der Waals surface area (Å²) in [6, 6.07) is 45.1. The van der Waals surface area contributed by atoms with Gasteiger partial charge in [-0.05, 0) is 74.7 Å². The number of fused-ring (bicyclic) bond motifs is 3. The van der Waals surface area contributed by atoms with Crippen molar-refractivity contribution in [2.75, 3.05) is 0 Å². The number of rotatable bonds is 7. The first-order valence-corrected chi connectivity index (χ1v) is 20.5. The number of hydrogen-bond donors (Lipinski definition) is 0. The predicted molar refractivity (Wildman–Crippen MR) is 202 cm³/mol. The molecule has 3 aromatic heterocycles. The second kappa shape index (κ2) is 15.4. The third-order valence-electron chi connectivity index (χ3n) is 8.64. The Bertz CT molecular complexity index is 2050. The van der Waals surface area contributed by atoms with Crippen molar-refractivity contribution in [1.29, 1.82) is 0 Å². The molecule has 0 atom stereocenters. The summed E-state index contributed by atoms with van der Waals surface area (Å²) in [7, 11) is -1.23. The zero-order valence-corrected chi connectivity index (χ0v) is 31.9. The molecule has 0 saturated heterocycles. The molecule has 0 N–H and O–H groups in total. The van der Waals surface area contributed by atoms with Crippen LogP contribution in [0.2, 0.25) is 19.6 Å². The SMILES string of the molecule is CCC(CC)c1ccnc(-c2[c-]cc3sc4ccc(-c5ccccc5)cc4c3c2)c1.C[Si](C)(C)c1ccc(-c2[c-]cccc2)nc1.[Ir]. The van der Waals surface area contributed by atoms with Crippen LogP contribution in [0.3, 0.4) is 0 Å². The quantitative estimate of drug-likeness (QED) is 0.118. The Morgan fingerprint density at radius 3 is 2.13 bits per heavy atom. The summed E-state index contributed by atoms with van der Waals surface area (Å²) >= 11 is 1.83. The predicted octanol–water partition coefficient (Wildman–Crippen LogP) is 11.6. The van der Waals surface area contributed by atoms with E-state index < -0.39 is 8.07 Å². The fourth-order valence-electron chi connectivity index (χ4n) is 5.84. The summed E-state index contributed by atoms with van der Waals surface area (Å²) in [5, 5.41) is 3.99. The summed E-state index contributed by atoms with van der Waals surface area (Å²) < 4.78 is 2.59. The van der Waals surface area contributed by atoms with Crippen LogP contribution in [0.4, 0.5) is 0 Å². The van der Waals surface area contributed by atoms with Gasteiger partial charge in [0.25, 0.3) is 0 Å². The number of hydrogen-bond acceptors (Lipinski definition) is 3. The zero-order chi connectivity index (χ0) is 32.1. The smallest absolute Gasteiger partial charge is 0.0795 e. The third-order valence-corrected chi connectivity index (χ3v) is 11.8. The normalized spacial score (nSPS) is 11.3. The Balaban J connectivity index is 0.000000217. The molecule has 47 heavy (non-hydrogen) atoms. The average molecular weight is 825 g/mol. The summed E-state index contributed by atoms with van der Waals surface area (Å²) in [6.07, 6.45) is 6.27. The number of pyridine rings is 2. The molecular formula is C42H40IrN2SSi-2. The van der Waals surface area contributed by atoms with E-state index in [0.717, 1.165) is 35.4 Å². The monoisotopic (exact) mass is 825 g/mol. The van der Waals surface area contributed by atoms with Crippen LogP contribution in [-0.2, 0) is 20.1 Å². The van der Waals surface area contributed by atoms with Crippen molar-refractivity contribution < 1.29 is 20.1 Å². The fraction of sp³-hybridized carbons (Fsp3) is 0.190. The van der Waals surface area contributed by atoms with Gasteiger partial charge in [-0.15, -0.1) is 59.7 Å². The minimum atomic E-state index is -1.23. The summed E-state index contributed by atoms with van der Waals surface area (Å²) in [5.41, 5.74) is 8.03. The van der Waals surface area contributed by atoms with Gasteiger partial charge in [-0.2, -0.15) is 11.3 Å². The van der Waals surface area contributed by atoms with Crippen LogP contribution in [0.15, 0.2) is 122 Å². The second-order valence-electron chi connectivity index (χ2n) is 12.7. The average Bonchev–Trinajstić information content (AvgIpc) is 3.47. The van der Waals surface area contributed by atoms with E-state index in [9.17, 15) is 0 Å². The first-order valence-electron chi connectivity index (χ1n) is 16.2. The molecule has 0 bridgehead atoms. The van der Waals surface area contributed by atoms with E-state index >= 15 is 0 Å². The van der Waals surface area contributed by atoms with E-state index in [-0.39, 0.29) is 20.1 Å². The van der Waals surface area contributed by atoms with Crippen LogP contribution in [0.1, 0.15) is 38.2 Å². The summed E-state index contributed by atoms with van der Waals surface area (Å²) in [6.45, 7) is 11.5. The van der Waals surface area contributed by atoms with Gasteiger partial charge < -0.3 is 9.97 Å². The number of nitrogens with zero attached hydrogens (tertiary/aromatic N) is 2. The Labute approximate surface area is 298 Å². The number of aromatic nitrogens is 2. The van der Waals surface area contributed by atoms with Gasteiger partial charge in [-0.3, -0.25) is 0 Å². The van der Waals surface area contributed by atoms with Crippen molar-refractivity contribution in [3.8, 4) is 33.6 Å². The first-order chi connectivity index (χ1) is 22.3. The maximum Gasteiger partial charge on any atom is 0.0795 e. The van der Waals surface area contributed by atoms with E-state index in [1.807, 2.05) is 48.0 Å². The van der Waals surface area contributed by atoms with Crippen molar-refractivity contribution in [3.05, 3.63) is 139 Å². The first kappa shape index (κ1) is 34.6. The van der Waals surface area contributed by atoms with E-state index in [0.29, 0.717) is 5.92 Å². The van der Waals surface area contributed by atoms with Crippen molar-refractivity contribution in [1.82, 2.24) is 9.97 Å². The molecular weight excluding hydrogens is 785 g/mol. The van der Waals surface area contributed by atoms with Crippen LogP contribution < -0.4 is 5.19 Å². The molecule has 0 aliphatic rings. The van der Waals surface area contributed by atoms with E-state index in [1.54, 1.807) is 0 Å². The molecule has 0 aliphatic heterocycles. The van der Waals surface area contributed by atoms with Gasteiger partial charge in [0, 0.05) is 37.2 Å². The van der Waals surface area contributed by atoms with Gasteiger partial charge in [0.15, 0.2) is 0 Å². The van der Waals surface area contributed by atoms with Gasteiger partial charge in [0.2, 0.25) is 0 Å². The van der Waals surface area contributed by atoms with Gasteiger partial charge in [0.1, 0.15) is 0 Å². The number of thiophene rings is 1. The van der Waals surface area contributed by atoms with Crippen molar-refractivity contribution >= 4 is 44.8 Å². The molecule has 7 aromatic rings. The molecule has 4 aromatic carbocycles. The van der Waals surface area contributed by atoms with E-state index in [1.165, 1.54) is 42.0 Å². The molecule has 2 nitrogen and oxygen atoms in total. The minimum Gasteiger partial charge on any atom is -0.305 e. The Hall–Kier alpha value is -3.73. The van der Waals surface area contributed by atoms with Gasteiger partial charge in [-0.1, -0.05) is 99.0 Å². The Morgan fingerprint density at radius 1 is 0.681 bits per heavy atom. The third kappa shape index (κ3) is 8.05. The number of benzene rings is 4. The second-order valence-corrected chi connectivity index (χ2v) is 18.9. The van der Waals surface area contributed by atoms with Gasteiger partial charge in [0.05, 0.1) is 8.07 Å². The maximum atomic E-state index is 4.67. The molecule has 0 amide bonds. The van der Waals surface area contributed by atoms with Crippen LogP contribution in [-0.4, -0.2) is 18.0 Å². The van der Waals surface area contributed by atoms with Crippen LogP contribution in [0.25, 0.3) is 53.8 Å². The van der Waals surface area contributed by atoms with E-state index in [2.05, 4.69) is 141 Å². The molecule has 0 aliphatic carbocycles. The Kier molecular flexibility index (Phi) is 11.4. The van der Waals surface area contributed by atoms with Gasteiger partial charge in [-0.25, -0.2) is 0 Å². The largest absolute Gasteiger partial charge is 0.305 e. The van der Waals surface area contributed by atoms with Crippen molar-refractivity contribution in [2.45, 2.75) is 52.2 Å². The summed E-state index contributed by atoms with van der Waals surface area (Å²) in [5.74, 6) is 0.589. The molecule has 5 heteroatoms. The molecule has 7 rings (SSSR count). The standard InChI is InChI=1S/C28H24NS.C14H16NSi.Ir/c1-3-19(4-2)22-14-15-29-26(18-22)23-11-13-28-25(17-23)24-16-21(10-12-27(24)30-28)20-8-6-5-7-9-20;1-16(2,3)13-9-10-14(15-11-13)12-7-5-4-6-8-12;/h5-10,12-19H,3-4H2,1-2H3;4-7,9-11H,1-3H3;/q2*-1;. The summed E-state index contributed by atoms with van der Waals surface area (Å²) in [4.78, 5) is 9.19. The molecule has 3 heterocycles. The van der Waals surface area contributed by atoms with Gasteiger partial charge >= 0.3 is 0 Å². The topological polar surface area (TPSA) is 25.8 Å². The van der Waals surface area contributed by atoms with Crippen LogP contribution in [0.5, 0.6) is 0 Å². The van der Waals surface area contributed by atoms with Crippen molar-refractivity contribution in [2.24, 2.45) is 0 Å². The molecule has 0 fully saturated rings. The molecule has 0 unspecified atom stereocenters. The molecule has 1 radical (unpaired) electrons. The molecule has 239 valence electrons. The maximum absolute atomic E-state index is 4.67. The zero-order valence-electron chi connectivity index (χ0n) is 27.7. The van der Waals surface area contributed by atoms with Crippen molar-refractivity contribution in [3.63, 3.8) is 0 Å². The Morgan fingerprint density at radius 2 is 1.45 bits per heavy atom. The minimum absolute atomic E-state index is 0. The van der Waals surface area contributed by atoms with Crippen LogP contribution >= 0.6 is 11.3 Å². The fourth-order valence-corrected chi connectivity index (χ4v) is 7.92. The molecule has 0 spiro atoms.